The lowest BCUT2D eigenvalue weighted by Gasteiger charge is -2.24. The van der Waals surface area contributed by atoms with Crippen molar-refractivity contribution in [3.05, 3.63) is 11.7 Å². The van der Waals surface area contributed by atoms with Crippen LogP contribution >= 0.6 is 0 Å². The number of hydrogen-bond acceptors (Lipinski definition) is 6. The van der Waals surface area contributed by atoms with Gasteiger partial charge in [0.05, 0.1) is 6.04 Å². The molecule has 0 amide bonds. The first-order valence-electron chi connectivity index (χ1n) is 6.62. The maximum atomic E-state index is 5.48. The zero-order chi connectivity index (χ0) is 13.0. The maximum absolute atomic E-state index is 5.48. The Labute approximate surface area is 108 Å². The van der Waals surface area contributed by atoms with E-state index >= 15 is 0 Å². The molecule has 6 heteroatoms. The van der Waals surface area contributed by atoms with Gasteiger partial charge in [-0.05, 0) is 46.6 Å². The SMILES string of the molecule is CN1CCCN(C)C(c2noc(CCCN)n2)C1. The van der Waals surface area contributed by atoms with E-state index in [0.717, 1.165) is 38.3 Å². The van der Waals surface area contributed by atoms with Gasteiger partial charge < -0.3 is 15.2 Å². The Kier molecular flexibility index (Phi) is 4.68. The number of rotatable bonds is 4. The largest absolute Gasteiger partial charge is 0.339 e. The summed E-state index contributed by atoms with van der Waals surface area (Å²) in [5.74, 6) is 1.51. The number of hydrogen-bond donors (Lipinski definition) is 1. The number of aryl methyl sites for hydroxylation is 1. The quantitative estimate of drug-likeness (QED) is 0.830. The molecule has 2 rings (SSSR count). The molecule has 1 aliphatic heterocycles. The lowest BCUT2D eigenvalue weighted by Crippen LogP contribution is -2.31. The minimum Gasteiger partial charge on any atom is -0.339 e. The molecule has 0 saturated carbocycles. The standard InChI is InChI=1S/C12H23N5O/c1-16-7-4-8-17(2)10(9-16)12-14-11(18-15-12)5-3-6-13/h10H,3-9,13H2,1-2H3. The molecule has 1 fully saturated rings. The highest BCUT2D eigenvalue weighted by molar-refractivity contribution is 4.97. The highest BCUT2D eigenvalue weighted by Crippen LogP contribution is 2.20. The van der Waals surface area contributed by atoms with Gasteiger partial charge in [-0.2, -0.15) is 4.98 Å². The molecule has 18 heavy (non-hydrogen) atoms. The minimum absolute atomic E-state index is 0.230. The van der Waals surface area contributed by atoms with Crippen molar-refractivity contribution in [2.75, 3.05) is 40.3 Å². The van der Waals surface area contributed by atoms with Crippen LogP contribution in [-0.2, 0) is 6.42 Å². The molecule has 1 atom stereocenters. The van der Waals surface area contributed by atoms with Gasteiger partial charge in [0.2, 0.25) is 5.89 Å². The molecule has 102 valence electrons. The monoisotopic (exact) mass is 253 g/mol. The van der Waals surface area contributed by atoms with Gasteiger partial charge in [-0.1, -0.05) is 5.16 Å². The second-order valence-electron chi connectivity index (χ2n) is 5.05. The fraction of sp³-hybridized carbons (Fsp3) is 0.833. The van der Waals surface area contributed by atoms with Crippen LogP contribution in [-0.4, -0.2) is 60.2 Å². The molecule has 1 aromatic rings. The molecular formula is C12H23N5O. The Hall–Kier alpha value is -0.980. The van der Waals surface area contributed by atoms with Crippen LogP contribution < -0.4 is 5.73 Å². The lowest BCUT2D eigenvalue weighted by molar-refractivity contribution is 0.214. The average molecular weight is 253 g/mol. The molecule has 2 heterocycles. The van der Waals surface area contributed by atoms with E-state index in [-0.39, 0.29) is 6.04 Å². The Morgan fingerprint density at radius 3 is 3.00 bits per heavy atom. The molecule has 0 radical (unpaired) electrons. The first-order valence-corrected chi connectivity index (χ1v) is 6.62. The maximum Gasteiger partial charge on any atom is 0.226 e. The van der Waals surface area contributed by atoms with Gasteiger partial charge in [0.25, 0.3) is 0 Å². The van der Waals surface area contributed by atoms with E-state index in [4.69, 9.17) is 10.3 Å². The number of likely N-dealkylation sites (N-methyl/N-ethyl adjacent to an activating group) is 2. The van der Waals surface area contributed by atoms with Crippen molar-refractivity contribution in [2.45, 2.75) is 25.3 Å². The van der Waals surface area contributed by atoms with Crippen LogP contribution in [0.2, 0.25) is 0 Å². The van der Waals surface area contributed by atoms with Crippen LogP contribution in [0, 0.1) is 0 Å². The molecule has 0 aromatic carbocycles. The van der Waals surface area contributed by atoms with Crippen molar-refractivity contribution in [3.63, 3.8) is 0 Å². The molecule has 1 unspecified atom stereocenters. The molecule has 2 N–H and O–H groups in total. The average Bonchev–Trinajstić information content (AvgIpc) is 2.75. The Morgan fingerprint density at radius 1 is 1.39 bits per heavy atom. The van der Waals surface area contributed by atoms with Gasteiger partial charge in [-0.25, -0.2) is 0 Å². The zero-order valence-electron chi connectivity index (χ0n) is 11.3. The summed E-state index contributed by atoms with van der Waals surface area (Å²) < 4.78 is 5.28. The van der Waals surface area contributed by atoms with Gasteiger partial charge in [0.1, 0.15) is 0 Å². The summed E-state index contributed by atoms with van der Waals surface area (Å²) in [6.07, 6.45) is 2.85. The van der Waals surface area contributed by atoms with Crippen molar-refractivity contribution in [2.24, 2.45) is 5.73 Å². The summed E-state index contributed by atoms with van der Waals surface area (Å²) >= 11 is 0. The topological polar surface area (TPSA) is 71.4 Å². The van der Waals surface area contributed by atoms with Crippen LogP contribution in [0.25, 0.3) is 0 Å². The van der Waals surface area contributed by atoms with E-state index < -0.39 is 0 Å². The van der Waals surface area contributed by atoms with E-state index in [9.17, 15) is 0 Å². The van der Waals surface area contributed by atoms with Crippen LogP contribution in [0.4, 0.5) is 0 Å². The van der Waals surface area contributed by atoms with Crippen molar-refractivity contribution in [1.82, 2.24) is 19.9 Å². The molecule has 1 saturated heterocycles. The molecule has 6 nitrogen and oxygen atoms in total. The Bertz CT molecular complexity index is 367. The summed E-state index contributed by atoms with van der Waals surface area (Å²) in [5.41, 5.74) is 5.48. The summed E-state index contributed by atoms with van der Waals surface area (Å²) in [4.78, 5) is 9.13. The number of nitrogens with zero attached hydrogens (tertiary/aromatic N) is 4. The molecule has 1 aliphatic rings. The summed E-state index contributed by atoms with van der Waals surface area (Å²) in [7, 11) is 4.27. The first-order chi connectivity index (χ1) is 8.70. The van der Waals surface area contributed by atoms with E-state index in [1.165, 1.54) is 6.42 Å². The smallest absolute Gasteiger partial charge is 0.226 e. The van der Waals surface area contributed by atoms with Crippen molar-refractivity contribution >= 4 is 0 Å². The normalized spacial score (nSPS) is 23.2. The van der Waals surface area contributed by atoms with E-state index in [1.54, 1.807) is 0 Å². The van der Waals surface area contributed by atoms with Gasteiger partial charge in [0.15, 0.2) is 5.82 Å². The van der Waals surface area contributed by atoms with Crippen LogP contribution in [0.3, 0.4) is 0 Å². The Morgan fingerprint density at radius 2 is 2.22 bits per heavy atom. The third-order valence-electron chi connectivity index (χ3n) is 3.44. The van der Waals surface area contributed by atoms with Crippen LogP contribution in [0.15, 0.2) is 4.52 Å². The predicted molar refractivity (Wildman–Crippen MR) is 69.2 cm³/mol. The second-order valence-corrected chi connectivity index (χ2v) is 5.05. The van der Waals surface area contributed by atoms with E-state index in [0.29, 0.717) is 12.4 Å². The zero-order valence-corrected chi connectivity index (χ0v) is 11.3. The molecule has 0 bridgehead atoms. The minimum atomic E-state index is 0.230. The second kappa shape index (κ2) is 6.26. The van der Waals surface area contributed by atoms with Crippen molar-refractivity contribution < 1.29 is 4.52 Å². The number of aromatic nitrogens is 2. The number of nitrogens with two attached hydrogens (primary N) is 1. The highest BCUT2D eigenvalue weighted by Gasteiger charge is 2.26. The van der Waals surface area contributed by atoms with Crippen LogP contribution in [0.1, 0.15) is 30.6 Å². The molecule has 0 spiro atoms. The highest BCUT2D eigenvalue weighted by atomic mass is 16.5. The van der Waals surface area contributed by atoms with Gasteiger partial charge in [0, 0.05) is 13.0 Å². The molecule has 1 aromatic heterocycles. The van der Waals surface area contributed by atoms with Gasteiger partial charge in [-0.15, -0.1) is 0 Å². The van der Waals surface area contributed by atoms with E-state index in [2.05, 4.69) is 34.0 Å². The third kappa shape index (κ3) is 3.28. The van der Waals surface area contributed by atoms with Gasteiger partial charge >= 0.3 is 0 Å². The molecular weight excluding hydrogens is 230 g/mol. The molecule has 0 aliphatic carbocycles. The van der Waals surface area contributed by atoms with Crippen LogP contribution in [0.5, 0.6) is 0 Å². The fourth-order valence-electron chi connectivity index (χ4n) is 2.31. The summed E-state index contributed by atoms with van der Waals surface area (Å²) in [5, 5.41) is 4.12. The Balaban J connectivity index is 2.05. The third-order valence-corrected chi connectivity index (χ3v) is 3.44. The predicted octanol–water partition coefficient (Wildman–Crippen LogP) is 0.269. The van der Waals surface area contributed by atoms with E-state index in [1.807, 2.05) is 0 Å². The summed E-state index contributed by atoms with van der Waals surface area (Å²) in [6.45, 7) is 3.80. The first kappa shape index (κ1) is 13.5. The lowest BCUT2D eigenvalue weighted by atomic mass is 10.2. The van der Waals surface area contributed by atoms with Crippen molar-refractivity contribution in [1.29, 1.82) is 0 Å². The fourth-order valence-corrected chi connectivity index (χ4v) is 2.31. The van der Waals surface area contributed by atoms with Crippen molar-refractivity contribution in [3.8, 4) is 0 Å². The summed E-state index contributed by atoms with van der Waals surface area (Å²) in [6, 6.07) is 0.230. The van der Waals surface area contributed by atoms with Gasteiger partial charge in [-0.3, -0.25) is 4.90 Å².